The van der Waals surface area contributed by atoms with Crippen molar-refractivity contribution in [1.29, 1.82) is 0 Å². The summed E-state index contributed by atoms with van der Waals surface area (Å²) in [5, 5.41) is 3.67. The normalized spacial score (nSPS) is 25.0. The van der Waals surface area contributed by atoms with Crippen molar-refractivity contribution in [3.8, 4) is 0 Å². The Morgan fingerprint density at radius 3 is 2.73 bits per heavy atom. The number of rotatable bonds is 3. The third-order valence-corrected chi connectivity index (χ3v) is 3.41. The average molecular weight is 293 g/mol. The molecule has 0 spiro atoms. The van der Waals surface area contributed by atoms with Crippen LogP contribution in [0.15, 0.2) is 22.7 Å². The molecular weight excluding hydrogens is 280 g/mol. The van der Waals surface area contributed by atoms with Gasteiger partial charge in [0.25, 0.3) is 0 Å². The van der Waals surface area contributed by atoms with Gasteiger partial charge in [-0.05, 0) is 36.6 Å². The molecule has 1 fully saturated rings. The van der Waals surface area contributed by atoms with Crippen LogP contribution < -0.4 is 5.32 Å². The predicted octanol–water partition coefficient (Wildman–Crippen LogP) is 3.45. The van der Waals surface area contributed by atoms with Crippen molar-refractivity contribution in [3.63, 3.8) is 0 Å². The van der Waals surface area contributed by atoms with Gasteiger partial charge in [-0.1, -0.05) is 15.9 Å². The summed E-state index contributed by atoms with van der Waals surface area (Å²) in [5.41, 5.74) is 0.958. The zero-order valence-electron chi connectivity index (χ0n) is 8.14. The Balaban J connectivity index is 1.88. The van der Waals surface area contributed by atoms with Crippen LogP contribution in [0.25, 0.3) is 0 Å². The number of hydrogen-bond acceptors (Lipinski definition) is 1. The molecule has 0 amide bonds. The Morgan fingerprint density at radius 1 is 1.40 bits per heavy atom. The minimum atomic E-state index is -0.204. The van der Waals surface area contributed by atoms with Crippen LogP contribution in [0, 0.1) is 5.82 Å². The summed E-state index contributed by atoms with van der Waals surface area (Å²) in [6, 6.07) is 5.43. The minimum absolute atomic E-state index is 0.204. The smallest absolute Gasteiger partial charge is 0.124 e. The standard InChI is InChI=1S/C11H12BrClFN/c12-8-1-7(2-10(14)3-8)6-15-11-4-9(13)5-11/h1-3,9,11,15H,4-6H2. The van der Waals surface area contributed by atoms with Gasteiger partial charge in [-0.3, -0.25) is 0 Å². The average Bonchev–Trinajstić information content (AvgIpc) is 2.09. The molecule has 0 aliphatic heterocycles. The van der Waals surface area contributed by atoms with Crippen molar-refractivity contribution in [2.24, 2.45) is 0 Å². The van der Waals surface area contributed by atoms with Gasteiger partial charge in [0.05, 0.1) is 0 Å². The van der Waals surface area contributed by atoms with Crippen molar-refractivity contribution in [1.82, 2.24) is 5.32 Å². The molecule has 0 heterocycles. The van der Waals surface area contributed by atoms with Gasteiger partial charge in [-0.25, -0.2) is 4.39 Å². The van der Waals surface area contributed by atoms with E-state index in [2.05, 4.69) is 21.2 Å². The molecule has 0 aromatic heterocycles. The van der Waals surface area contributed by atoms with Crippen LogP contribution in [0.2, 0.25) is 0 Å². The summed E-state index contributed by atoms with van der Waals surface area (Å²) in [6.07, 6.45) is 2.02. The molecule has 1 nitrogen and oxygen atoms in total. The maximum absolute atomic E-state index is 13.0. The van der Waals surface area contributed by atoms with E-state index in [1.807, 2.05) is 6.07 Å². The first-order valence-corrected chi connectivity index (χ1v) is 6.19. The van der Waals surface area contributed by atoms with Crippen LogP contribution in [0.5, 0.6) is 0 Å². The van der Waals surface area contributed by atoms with Gasteiger partial charge >= 0.3 is 0 Å². The number of alkyl halides is 1. The molecule has 4 heteroatoms. The maximum atomic E-state index is 13.0. The van der Waals surface area contributed by atoms with E-state index in [0.717, 1.165) is 22.9 Å². The molecule has 0 atom stereocenters. The molecule has 15 heavy (non-hydrogen) atoms. The van der Waals surface area contributed by atoms with Gasteiger partial charge < -0.3 is 5.32 Å². The first-order valence-electron chi connectivity index (χ1n) is 4.96. The molecule has 1 aliphatic rings. The summed E-state index contributed by atoms with van der Waals surface area (Å²) in [4.78, 5) is 0. The molecule has 1 aliphatic carbocycles. The molecule has 1 aromatic rings. The van der Waals surface area contributed by atoms with Crippen LogP contribution in [0.3, 0.4) is 0 Å². The van der Waals surface area contributed by atoms with Crippen LogP contribution in [0.4, 0.5) is 4.39 Å². The van der Waals surface area contributed by atoms with Crippen molar-refractivity contribution in [2.75, 3.05) is 0 Å². The Labute approximate surface area is 102 Å². The van der Waals surface area contributed by atoms with Crippen molar-refractivity contribution in [3.05, 3.63) is 34.1 Å². The molecule has 1 saturated carbocycles. The lowest BCUT2D eigenvalue weighted by Crippen LogP contribution is -2.41. The highest BCUT2D eigenvalue weighted by Gasteiger charge is 2.26. The van der Waals surface area contributed by atoms with Gasteiger partial charge in [0.15, 0.2) is 0 Å². The second-order valence-corrected chi connectivity index (χ2v) is 5.46. The third kappa shape index (κ3) is 3.16. The number of hydrogen-bond donors (Lipinski definition) is 1. The van der Waals surface area contributed by atoms with Gasteiger partial charge in [0.1, 0.15) is 5.82 Å². The molecular formula is C11H12BrClFN. The van der Waals surface area contributed by atoms with Crippen molar-refractivity contribution >= 4 is 27.5 Å². The van der Waals surface area contributed by atoms with E-state index in [1.165, 1.54) is 6.07 Å². The quantitative estimate of drug-likeness (QED) is 0.842. The molecule has 0 bridgehead atoms. The Bertz CT molecular complexity index is 332. The second-order valence-electron chi connectivity index (χ2n) is 3.92. The minimum Gasteiger partial charge on any atom is -0.310 e. The molecule has 82 valence electrons. The van der Waals surface area contributed by atoms with Crippen LogP contribution in [0.1, 0.15) is 18.4 Å². The molecule has 0 saturated heterocycles. The SMILES string of the molecule is Fc1cc(Br)cc(CNC2CC(Cl)C2)c1. The highest BCUT2D eigenvalue weighted by Crippen LogP contribution is 2.25. The predicted molar refractivity (Wildman–Crippen MR) is 63.6 cm³/mol. The van der Waals surface area contributed by atoms with E-state index in [4.69, 9.17) is 11.6 Å². The van der Waals surface area contributed by atoms with Gasteiger partial charge in [0, 0.05) is 22.4 Å². The lowest BCUT2D eigenvalue weighted by Gasteiger charge is -2.31. The summed E-state index contributed by atoms with van der Waals surface area (Å²) in [5.74, 6) is -0.204. The van der Waals surface area contributed by atoms with Gasteiger partial charge in [0.2, 0.25) is 0 Å². The largest absolute Gasteiger partial charge is 0.310 e. The van der Waals surface area contributed by atoms with Crippen LogP contribution in [-0.4, -0.2) is 11.4 Å². The summed E-state index contributed by atoms with van der Waals surface area (Å²) in [7, 11) is 0. The number of nitrogens with one attached hydrogen (secondary N) is 1. The van der Waals surface area contributed by atoms with E-state index < -0.39 is 0 Å². The Hall–Kier alpha value is -0.120. The third-order valence-electron chi connectivity index (χ3n) is 2.60. The number of benzene rings is 1. The van der Waals surface area contributed by atoms with Gasteiger partial charge in [-0.2, -0.15) is 0 Å². The highest BCUT2D eigenvalue weighted by atomic mass is 79.9. The Kier molecular flexibility index (Phi) is 3.65. The second kappa shape index (κ2) is 4.81. The summed E-state index contributed by atoms with van der Waals surface area (Å²) in [6.45, 7) is 0.699. The fourth-order valence-corrected chi connectivity index (χ4v) is 2.63. The van der Waals surface area contributed by atoms with E-state index in [0.29, 0.717) is 18.0 Å². The highest BCUT2D eigenvalue weighted by molar-refractivity contribution is 9.10. The molecule has 1 N–H and O–H groups in total. The molecule has 2 rings (SSSR count). The summed E-state index contributed by atoms with van der Waals surface area (Å²) < 4.78 is 13.8. The summed E-state index contributed by atoms with van der Waals surface area (Å²) >= 11 is 9.14. The first-order chi connectivity index (χ1) is 7.13. The van der Waals surface area contributed by atoms with Crippen molar-refractivity contribution in [2.45, 2.75) is 30.8 Å². The van der Waals surface area contributed by atoms with Crippen LogP contribution in [-0.2, 0) is 6.54 Å². The Morgan fingerprint density at radius 2 is 2.13 bits per heavy atom. The zero-order valence-corrected chi connectivity index (χ0v) is 10.5. The van der Waals surface area contributed by atoms with Crippen LogP contribution >= 0.6 is 27.5 Å². The molecule has 0 radical (unpaired) electrons. The molecule has 1 aromatic carbocycles. The van der Waals surface area contributed by atoms with Crippen molar-refractivity contribution < 1.29 is 4.39 Å². The van der Waals surface area contributed by atoms with E-state index in [1.54, 1.807) is 6.07 Å². The fourth-order valence-electron chi connectivity index (χ4n) is 1.69. The van der Waals surface area contributed by atoms with E-state index in [9.17, 15) is 4.39 Å². The monoisotopic (exact) mass is 291 g/mol. The zero-order chi connectivity index (χ0) is 10.8. The lowest BCUT2D eigenvalue weighted by molar-refractivity contribution is 0.345. The first kappa shape index (κ1) is 11.4. The fraction of sp³-hybridized carbons (Fsp3) is 0.455. The molecule has 0 unspecified atom stereocenters. The van der Waals surface area contributed by atoms with Gasteiger partial charge in [-0.15, -0.1) is 11.6 Å². The maximum Gasteiger partial charge on any atom is 0.124 e. The lowest BCUT2D eigenvalue weighted by atomic mass is 9.92. The van der Waals surface area contributed by atoms with E-state index >= 15 is 0 Å². The van der Waals surface area contributed by atoms with E-state index in [-0.39, 0.29) is 5.82 Å². The number of halogens is 3. The topological polar surface area (TPSA) is 12.0 Å².